The van der Waals surface area contributed by atoms with Gasteiger partial charge in [-0.2, -0.15) is 0 Å². The molecule has 6 heteroatoms. The number of hydrogen-bond donors (Lipinski definition) is 1. The number of nitrogens with zero attached hydrogens (tertiary/aromatic N) is 3. The van der Waals surface area contributed by atoms with E-state index in [9.17, 15) is 9.90 Å². The number of thiazole rings is 1. The van der Waals surface area contributed by atoms with Crippen molar-refractivity contribution in [2.75, 3.05) is 32.1 Å². The van der Waals surface area contributed by atoms with Crippen molar-refractivity contribution in [1.82, 2.24) is 9.88 Å². The first kappa shape index (κ1) is 13.8. The third kappa shape index (κ3) is 2.42. The van der Waals surface area contributed by atoms with Crippen LogP contribution in [0.25, 0.3) is 0 Å². The molecular weight excluding hydrogens is 274 g/mol. The highest BCUT2D eigenvalue weighted by atomic mass is 32.1. The average molecular weight is 295 g/mol. The Bertz CT molecular complexity index is 515. The molecule has 1 aromatic rings. The van der Waals surface area contributed by atoms with Crippen molar-refractivity contribution in [3.63, 3.8) is 0 Å². The van der Waals surface area contributed by atoms with Gasteiger partial charge in [0.25, 0.3) is 0 Å². The number of fused-ring (bicyclic) bond motifs is 1. The topological polar surface area (TPSA) is 56.7 Å². The second kappa shape index (κ2) is 5.33. The van der Waals surface area contributed by atoms with Crippen LogP contribution in [0.1, 0.15) is 35.8 Å². The maximum atomic E-state index is 11.2. The van der Waals surface area contributed by atoms with E-state index in [-0.39, 0.29) is 5.92 Å². The molecule has 3 rings (SSSR count). The summed E-state index contributed by atoms with van der Waals surface area (Å²) in [5, 5.41) is 10.3. The van der Waals surface area contributed by atoms with Crippen LogP contribution in [0, 0.1) is 0 Å². The first-order valence-electron chi connectivity index (χ1n) is 7.20. The van der Waals surface area contributed by atoms with Gasteiger partial charge in [0.15, 0.2) is 5.13 Å². The fourth-order valence-electron chi connectivity index (χ4n) is 3.14. The molecule has 110 valence electrons. The molecule has 0 saturated carbocycles. The van der Waals surface area contributed by atoms with Gasteiger partial charge < -0.3 is 14.9 Å². The molecule has 0 amide bonds. The maximum absolute atomic E-state index is 11.2. The number of aromatic nitrogens is 1. The lowest BCUT2D eigenvalue weighted by Gasteiger charge is -2.36. The van der Waals surface area contributed by atoms with E-state index in [0.717, 1.165) is 30.3 Å². The van der Waals surface area contributed by atoms with Gasteiger partial charge >= 0.3 is 5.97 Å². The highest BCUT2D eigenvalue weighted by molar-refractivity contribution is 7.15. The molecule has 0 radical (unpaired) electrons. The third-order valence-corrected chi connectivity index (χ3v) is 5.59. The molecule has 1 aliphatic heterocycles. The standard InChI is InChI=1S/C14H21N3O2S/c1-16(2)9-4-3-7-17(8-9)14-15-12-10(13(18)19)5-6-11(12)20-14/h9-10H,3-8H2,1-2H3,(H,18,19). The van der Waals surface area contributed by atoms with Gasteiger partial charge in [-0.3, -0.25) is 4.79 Å². The van der Waals surface area contributed by atoms with Gasteiger partial charge in [0.2, 0.25) is 0 Å². The van der Waals surface area contributed by atoms with E-state index in [1.807, 2.05) is 0 Å². The lowest BCUT2D eigenvalue weighted by Crippen LogP contribution is -2.45. The molecule has 2 heterocycles. The molecule has 0 spiro atoms. The van der Waals surface area contributed by atoms with Gasteiger partial charge in [0.05, 0.1) is 5.69 Å². The Morgan fingerprint density at radius 3 is 2.95 bits per heavy atom. The first-order valence-corrected chi connectivity index (χ1v) is 8.01. The van der Waals surface area contributed by atoms with Crippen molar-refractivity contribution in [1.29, 1.82) is 0 Å². The summed E-state index contributed by atoms with van der Waals surface area (Å²) < 4.78 is 0. The number of rotatable bonds is 3. The van der Waals surface area contributed by atoms with Crippen LogP contribution in [0.15, 0.2) is 0 Å². The van der Waals surface area contributed by atoms with Gasteiger partial charge in [0, 0.05) is 24.0 Å². The molecule has 1 N–H and O–H groups in total. The molecule has 20 heavy (non-hydrogen) atoms. The number of likely N-dealkylation sites (N-methyl/N-ethyl adjacent to an activating group) is 1. The van der Waals surface area contributed by atoms with Crippen LogP contribution < -0.4 is 4.90 Å². The predicted molar refractivity (Wildman–Crippen MR) is 79.7 cm³/mol. The molecule has 2 unspecified atom stereocenters. The fraction of sp³-hybridized carbons (Fsp3) is 0.714. The Morgan fingerprint density at radius 1 is 1.45 bits per heavy atom. The second-order valence-electron chi connectivity index (χ2n) is 5.94. The van der Waals surface area contributed by atoms with Crippen LogP contribution in [0.4, 0.5) is 5.13 Å². The maximum Gasteiger partial charge on any atom is 0.312 e. The summed E-state index contributed by atoms with van der Waals surface area (Å²) in [6.07, 6.45) is 3.99. The Hall–Kier alpha value is -1.14. The highest BCUT2D eigenvalue weighted by Crippen LogP contribution is 2.40. The Morgan fingerprint density at radius 2 is 2.25 bits per heavy atom. The van der Waals surface area contributed by atoms with E-state index in [1.165, 1.54) is 17.7 Å². The van der Waals surface area contributed by atoms with Crippen LogP contribution in [-0.4, -0.2) is 54.2 Å². The zero-order valence-corrected chi connectivity index (χ0v) is 12.8. The molecular formula is C14H21N3O2S. The van der Waals surface area contributed by atoms with Gasteiger partial charge in [-0.25, -0.2) is 4.98 Å². The summed E-state index contributed by atoms with van der Waals surface area (Å²) in [4.78, 5) is 21.7. The van der Waals surface area contributed by atoms with E-state index < -0.39 is 5.97 Å². The molecule has 0 bridgehead atoms. The Kier molecular flexibility index (Phi) is 3.69. The monoisotopic (exact) mass is 295 g/mol. The zero-order valence-electron chi connectivity index (χ0n) is 12.0. The Balaban J connectivity index is 1.79. The quantitative estimate of drug-likeness (QED) is 0.921. The van der Waals surface area contributed by atoms with E-state index in [4.69, 9.17) is 0 Å². The summed E-state index contributed by atoms with van der Waals surface area (Å²) >= 11 is 1.70. The molecule has 1 aliphatic carbocycles. The summed E-state index contributed by atoms with van der Waals surface area (Å²) in [5.41, 5.74) is 0.824. The number of carbonyl (C=O) groups is 1. The highest BCUT2D eigenvalue weighted by Gasteiger charge is 2.34. The zero-order chi connectivity index (χ0) is 14.3. The van der Waals surface area contributed by atoms with Crippen molar-refractivity contribution in [3.05, 3.63) is 10.6 Å². The largest absolute Gasteiger partial charge is 0.481 e. The minimum Gasteiger partial charge on any atom is -0.481 e. The van der Waals surface area contributed by atoms with Crippen molar-refractivity contribution in [3.8, 4) is 0 Å². The summed E-state index contributed by atoms with van der Waals surface area (Å²) in [6.45, 7) is 2.03. The number of aryl methyl sites for hydroxylation is 1. The number of anilines is 1. The molecule has 1 fully saturated rings. The Labute approximate surface area is 123 Å². The second-order valence-corrected chi connectivity index (χ2v) is 7.00. The van der Waals surface area contributed by atoms with Crippen molar-refractivity contribution in [2.24, 2.45) is 0 Å². The number of piperidine rings is 1. The lowest BCUT2D eigenvalue weighted by molar-refractivity contribution is -0.138. The fourth-order valence-corrected chi connectivity index (χ4v) is 4.31. The van der Waals surface area contributed by atoms with Crippen molar-refractivity contribution in [2.45, 2.75) is 37.6 Å². The molecule has 2 aliphatic rings. The summed E-state index contributed by atoms with van der Waals surface area (Å²) in [7, 11) is 4.24. The lowest BCUT2D eigenvalue weighted by atomic mass is 10.1. The molecule has 1 saturated heterocycles. The molecule has 5 nitrogen and oxygen atoms in total. The average Bonchev–Trinajstić information content (AvgIpc) is 2.97. The molecule has 2 atom stereocenters. The third-order valence-electron chi connectivity index (χ3n) is 4.40. The SMILES string of the molecule is CN(C)C1CCCN(c2nc3c(s2)CCC3C(=O)O)C1. The normalized spacial score (nSPS) is 26.1. The molecule has 0 aromatic carbocycles. The number of hydrogen-bond acceptors (Lipinski definition) is 5. The summed E-state index contributed by atoms with van der Waals surface area (Å²) in [6, 6.07) is 0.567. The number of carboxylic acids is 1. The number of carboxylic acid groups (broad SMARTS) is 1. The van der Waals surface area contributed by atoms with Gasteiger partial charge in [0.1, 0.15) is 5.92 Å². The molecule has 1 aromatic heterocycles. The minimum atomic E-state index is -0.731. The minimum absolute atomic E-state index is 0.385. The van der Waals surface area contributed by atoms with Crippen LogP contribution in [0.3, 0.4) is 0 Å². The predicted octanol–water partition coefficient (Wildman–Crippen LogP) is 1.79. The first-order chi connectivity index (χ1) is 9.56. The van der Waals surface area contributed by atoms with Crippen molar-refractivity contribution >= 4 is 22.4 Å². The van der Waals surface area contributed by atoms with Crippen LogP contribution in [0.5, 0.6) is 0 Å². The van der Waals surface area contributed by atoms with Gasteiger partial charge in [-0.05, 0) is 39.8 Å². The van der Waals surface area contributed by atoms with Gasteiger partial charge in [-0.15, -0.1) is 11.3 Å². The van der Waals surface area contributed by atoms with Crippen LogP contribution in [0.2, 0.25) is 0 Å². The van der Waals surface area contributed by atoms with Gasteiger partial charge in [-0.1, -0.05) is 0 Å². The summed E-state index contributed by atoms with van der Waals surface area (Å²) in [5.74, 6) is -1.12. The van der Waals surface area contributed by atoms with Crippen molar-refractivity contribution < 1.29 is 9.90 Å². The van der Waals surface area contributed by atoms with Crippen LogP contribution >= 0.6 is 11.3 Å². The number of aliphatic carboxylic acids is 1. The van der Waals surface area contributed by atoms with E-state index >= 15 is 0 Å². The van der Waals surface area contributed by atoms with E-state index in [2.05, 4.69) is 28.9 Å². The smallest absolute Gasteiger partial charge is 0.312 e. The van der Waals surface area contributed by atoms with E-state index in [1.54, 1.807) is 11.3 Å². The van der Waals surface area contributed by atoms with Crippen LogP contribution in [-0.2, 0) is 11.2 Å². The van der Waals surface area contributed by atoms with E-state index in [0.29, 0.717) is 12.5 Å².